The third kappa shape index (κ3) is 3.61. The molecule has 0 saturated heterocycles. The molecule has 2 saturated carbocycles. The lowest BCUT2D eigenvalue weighted by atomic mass is 9.79. The maximum atomic E-state index is 12.0. The Hall–Kier alpha value is -1.26. The van der Waals surface area contributed by atoms with Crippen molar-refractivity contribution < 1.29 is 14.7 Å². The van der Waals surface area contributed by atoms with Gasteiger partial charge in [-0.2, -0.15) is 0 Å². The Balaban J connectivity index is 1.92. The molecule has 0 radical (unpaired) electrons. The second-order valence-electron chi connectivity index (χ2n) is 6.76. The summed E-state index contributed by atoms with van der Waals surface area (Å²) >= 11 is 0. The molecule has 0 aliphatic heterocycles. The van der Waals surface area contributed by atoms with Gasteiger partial charge in [-0.15, -0.1) is 0 Å². The van der Waals surface area contributed by atoms with Gasteiger partial charge in [-0.3, -0.25) is 4.79 Å². The fraction of sp³-hybridized carbons (Fsp3) is 0.857. The van der Waals surface area contributed by atoms with E-state index in [1.807, 2.05) is 0 Å². The average Bonchev–Trinajstić information content (AvgIpc) is 2.84. The molecule has 19 heavy (non-hydrogen) atoms. The zero-order valence-corrected chi connectivity index (χ0v) is 11.8. The van der Waals surface area contributed by atoms with Gasteiger partial charge in [0.05, 0.1) is 12.0 Å². The van der Waals surface area contributed by atoms with Crippen molar-refractivity contribution in [2.75, 3.05) is 0 Å². The minimum Gasteiger partial charge on any atom is -0.481 e. The van der Waals surface area contributed by atoms with Crippen molar-refractivity contribution in [1.29, 1.82) is 0 Å². The van der Waals surface area contributed by atoms with Crippen LogP contribution in [0.1, 0.15) is 58.8 Å². The van der Waals surface area contributed by atoms with Gasteiger partial charge in [-0.25, -0.2) is 4.79 Å². The molecule has 2 aliphatic carbocycles. The molecule has 0 aromatic carbocycles. The van der Waals surface area contributed by atoms with Crippen LogP contribution in [0.2, 0.25) is 0 Å². The van der Waals surface area contributed by atoms with Crippen LogP contribution in [0.25, 0.3) is 0 Å². The number of carbonyl (C=O) groups is 2. The first-order valence-corrected chi connectivity index (χ1v) is 7.14. The van der Waals surface area contributed by atoms with Crippen LogP contribution in [0, 0.1) is 5.41 Å². The van der Waals surface area contributed by atoms with E-state index in [0.717, 1.165) is 38.5 Å². The molecule has 2 amide bonds. The number of carboxylic acid groups (broad SMARTS) is 1. The Labute approximate surface area is 114 Å². The Morgan fingerprint density at radius 2 is 1.79 bits per heavy atom. The van der Waals surface area contributed by atoms with Crippen LogP contribution in [0.3, 0.4) is 0 Å². The van der Waals surface area contributed by atoms with Crippen LogP contribution in [0.4, 0.5) is 4.79 Å². The first-order valence-electron chi connectivity index (χ1n) is 7.14. The summed E-state index contributed by atoms with van der Waals surface area (Å²) in [6.45, 7) is 4.23. The summed E-state index contributed by atoms with van der Waals surface area (Å²) in [6, 6.07) is 0.0108. The van der Waals surface area contributed by atoms with Gasteiger partial charge in [0, 0.05) is 6.04 Å². The maximum absolute atomic E-state index is 12.0. The van der Waals surface area contributed by atoms with Crippen molar-refractivity contribution >= 4 is 12.0 Å². The molecule has 1 unspecified atom stereocenters. The summed E-state index contributed by atoms with van der Waals surface area (Å²) in [7, 11) is 0. The van der Waals surface area contributed by atoms with E-state index in [1.165, 1.54) is 0 Å². The number of amides is 2. The van der Waals surface area contributed by atoms with Gasteiger partial charge < -0.3 is 15.7 Å². The molecule has 3 N–H and O–H groups in total. The Kier molecular flexibility index (Phi) is 3.74. The molecule has 0 aromatic heterocycles. The van der Waals surface area contributed by atoms with Crippen molar-refractivity contribution in [2.24, 2.45) is 5.41 Å². The van der Waals surface area contributed by atoms with Crippen LogP contribution >= 0.6 is 0 Å². The predicted molar refractivity (Wildman–Crippen MR) is 71.9 cm³/mol. The molecular formula is C14H24N2O3. The number of carbonyl (C=O) groups excluding carboxylic acids is 1. The van der Waals surface area contributed by atoms with Crippen LogP contribution in [-0.2, 0) is 4.79 Å². The molecular weight excluding hydrogens is 244 g/mol. The molecule has 0 heterocycles. The fourth-order valence-electron chi connectivity index (χ4n) is 3.01. The van der Waals surface area contributed by atoms with Crippen molar-refractivity contribution in [3.05, 3.63) is 0 Å². The molecule has 5 nitrogen and oxygen atoms in total. The van der Waals surface area contributed by atoms with Gasteiger partial charge >= 0.3 is 12.0 Å². The highest BCUT2D eigenvalue weighted by Crippen LogP contribution is 2.44. The van der Waals surface area contributed by atoms with E-state index in [-0.39, 0.29) is 23.9 Å². The molecule has 0 spiro atoms. The van der Waals surface area contributed by atoms with Gasteiger partial charge in [0.1, 0.15) is 0 Å². The zero-order chi connectivity index (χ0) is 14.1. The fourth-order valence-corrected chi connectivity index (χ4v) is 3.01. The van der Waals surface area contributed by atoms with Crippen LogP contribution in [0.15, 0.2) is 0 Å². The molecule has 2 rings (SSSR count). The van der Waals surface area contributed by atoms with Crippen molar-refractivity contribution in [1.82, 2.24) is 10.6 Å². The van der Waals surface area contributed by atoms with Gasteiger partial charge in [0.15, 0.2) is 0 Å². The van der Waals surface area contributed by atoms with Gasteiger partial charge in [-0.05, 0) is 24.7 Å². The highest BCUT2D eigenvalue weighted by molar-refractivity contribution is 5.77. The average molecular weight is 268 g/mol. The molecule has 1 atom stereocenters. The number of aliphatic carboxylic acids is 1. The molecule has 108 valence electrons. The lowest BCUT2D eigenvalue weighted by molar-refractivity contribution is -0.139. The Morgan fingerprint density at radius 1 is 1.21 bits per heavy atom. The summed E-state index contributed by atoms with van der Waals surface area (Å²) in [6.07, 6.45) is 5.65. The largest absolute Gasteiger partial charge is 0.481 e. The number of nitrogens with one attached hydrogen (secondary N) is 2. The van der Waals surface area contributed by atoms with Crippen LogP contribution in [0.5, 0.6) is 0 Å². The number of hydrogen-bond donors (Lipinski definition) is 3. The standard InChI is InChI=1S/C14H24N2O3/c1-13(2)8-10(13)15-12(19)16-14(9-11(17)18)6-4-3-5-7-14/h10H,3-9H2,1-2H3,(H,17,18)(H2,15,16,19). The third-order valence-electron chi connectivity index (χ3n) is 4.50. The number of carboxylic acids is 1. The summed E-state index contributed by atoms with van der Waals surface area (Å²) in [5, 5.41) is 14.9. The van der Waals surface area contributed by atoms with E-state index in [4.69, 9.17) is 5.11 Å². The van der Waals surface area contributed by atoms with Crippen LogP contribution < -0.4 is 10.6 Å². The predicted octanol–water partition coefficient (Wildman–Crippen LogP) is 2.26. The summed E-state index contributed by atoms with van der Waals surface area (Å²) < 4.78 is 0. The van der Waals surface area contributed by atoms with Crippen molar-refractivity contribution in [2.45, 2.75) is 70.4 Å². The summed E-state index contributed by atoms with van der Waals surface area (Å²) in [5.74, 6) is -0.839. The molecule has 2 fully saturated rings. The highest BCUT2D eigenvalue weighted by Gasteiger charge is 2.47. The molecule has 2 aliphatic rings. The molecule has 5 heteroatoms. The highest BCUT2D eigenvalue weighted by atomic mass is 16.4. The first-order chi connectivity index (χ1) is 8.83. The Morgan fingerprint density at radius 3 is 2.26 bits per heavy atom. The lowest BCUT2D eigenvalue weighted by Crippen LogP contribution is -2.54. The summed E-state index contributed by atoms with van der Waals surface area (Å²) in [5.41, 5.74) is -0.364. The Bertz CT molecular complexity index is 373. The van der Waals surface area contributed by atoms with E-state index in [9.17, 15) is 9.59 Å². The first kappa shape index (κ1) is 14.2. The third-order valence-corrected chi connectivity index (χ3v) is 4.50. The van der Waals surface area contributed by atoms with E-state index in [1.54, 1.807) is 0 Å². The molecule has 0 aromatic rings. The van der Waals surface area contributed by atoms with Gasteiger partial charge in [-0.1, -0.05) is 33.1 Å². The number of rotatable bonds is 4. The van der Waals surface area contributed by atoms with Crippen LogP contribution in [-0.4, -0.2) is 28.7 Å². The normalized spacial score (nSPS) is 27.4. The smallest absolute Gasteiger partial charge is 0.315 e. The lowest BCUT2D eigenvalue weighted by Gasteiger charge is -2.37. The molecule has 0 bridgehead atoms. The van der Waals surface area contributed by atoms with E-state index in [2.05, 4.69) is 24.5 Å². The van der Waals surface area contributed by atoms with Crippen molar-refractivity contribution in [3.8, 4) is 0 Å². The maximum Gasteiger partial charge on any atom is 0.315 e. The monoisotopic (exact) mass is 268 g/mol. The van der Waals surface area contributed by atoms with Crippen molar-refractivity contribution in [3.63, 3.8) is 0 Å². The number of urea groups is 1. The SMILES string of the molecule is CC1(C)CC1NC(=O)NC1(CC(=O)O)CCCCC1. The van der Waals surface area contributed by atoms with E-state index < -0.39 is 11.5 Å². The zero-order valence-electron chi connectivity index (χ0n) is 11.8. The second kappa shape index (κ2) is 5.02. The van der Waals surface area contributed by atoms with E-state index >= 15 is 0 Å². The van der Waals surface area contributed by atoms with E-state index in [0.29, 0.717) is 0 Å². The quantitative estimate of drug-likeness (QED) is 0.731. The van der Waals surface area contributed by atoms with Gasteiger partial charge in [0.2, 0.25) is 0 Å². The minimum absolute atomic E-state index is 0.0223. The number of hydrogen-bond acceptors (Lipinski definition) is 2. The second-order valence-corrected chi connectivity index (χ2v) is 6.76. The van der Waals surface area contributed by atoms with Gasteiger partial charge in [0.25, 0.3) is 0 Å². The summed E-state index contributed by atoms with van der Waals surface area (Å²) in [4.78, 5) is 23.0. The topological polar surface area (TPSA) is 78.4 Å². The minimum atomic E-state index is -0.839.